The molecular formula is C17H26O. The second-order valence-electron chi connectivity index (χ2n) is 6.16. The molecule has 1 aliphatic carbocycles. The molecule has 0 N–H and O–H groups in total. The normalized spacial score (nSPS) is 28.6. The standard InChI is InChI=1S/C17H26O/c1-13(2)16-10-9-14(3)11-17(16)18-12-15-7-5-4-6-8-15/h4-8,13-14,16-17H,9-12H2,1-3H3/t14-,16+,17-/m0/s1. The van der Waals surface area contributed by atoms with Crippen molar-refractivity contribution in [3.05, 3.63) is 35.9 Å². The lowest BCUT2D eigenvalue weighted by atomic mass is 9.75. The number of hydrogen-bond donors (Lipinski definition) is 0. The highest BCUT2D eigenvalue weighted by molar-refractivity contribution is 5.13. The van der Waals surface area contributed by atoms with Gasteiger partial charge in [-0.2, -0.15) is 0 Å². The van der Waals surface area contributed by atoms with Gasteiger partial charge in [-0.05, 0) is 36.2 Å². The van der Waals surface area contributed by atoms with Gasteiger partial charge in [-0.25, -0.2) is 0 Å². The quantitative estimate of drug-likeness (QED) is 0.750. The third kappa shape index (κ3) is 3.58. The van der Waals surface area contributed by atoms with Crippen LogP contribution in [0.1, 0.15) is 45.6 Å². The molecule has 1 fully saturated rings. The lowest BCUT2D eigenvalue weighted by Gasteiger charge is -2.37. The van der Waals surface area contributed by atoms with Crippen LogP contribution in [-0.2, 0) is 11.3 Å². The summed E-state index contributed by atoms with van der Waals surface area (Å²) < 4.78 is 6.21. The Balaban J connectivity index is 1.92. The van der Waals surface area contributed by atoms with Crippen molar-refractivity contribution < 1.29 is 4.74 Å². The van der Waals surface area contributed by atoms with Crippen LogP contribution in [0.15, 0.2) is 30.3 Å². The van der Waals surface area contributed by atoms with Gasteiger partial charge in [0.15, 0.2) is 0 Å². The van der Waals surface area contributed by atoms with E-state index >= 15 is 0 Å². The fourth-order valence-corrected chi connectivity index (χ4v) is 3.08. The molecule has 0 bridgehead atoms. The molecule has 0 aliphatic heterocycles. The topological polar surface area (TPSA) is 9.23 Å². The van der Waals surface area contributed by atoms with Crippen molar-refractivity contribution in [2.45, 2.75) is 52.7 Å². The molecule has 0 saturated heterocycles. The molecule has 1 saturated carbocycles. The smallest absolute Gasteiger partial charge is 0.0720 e. The maximum Gasteiger partial charge on any atom is 0.0720 e. The fraction of sp³-hybridized carbons (Fsp3) is 0.647. The van der Waals surface area contributed by atoms with E-state index in [2.05, 4.69) is 51.1 Å². The van der Waals surface area contributed by atoms with Crippen molar-refractivity contribution in [3.63, 3.8) is 0 Å². The van der Waals surface area contributed by atoms with Crippen molar-refractivity contribution in [2.24, 2.45) is 17.8 Å². The minimum Gasteiger partial charge on any atom is -0.373 e. The number of ether oxygens (including phenoxy) is 1. The lowest BCUT2D eigenvalue weighted by molar-refractivity contribution is -0.0472. The van der Waals surface area contributed by atoms with Crippen LogP contribution in [0, 0.1) is 17.8 Å². The lowest BCUT2D eigenvalue weighted by Crippen LogP contribution is -2.34. The van der Waals surface area contributed by atoms with Gasteiger partial charge in [-0.3, -0.25) is 0 Å². The number of rotatable bonds is 4. The van der Waals surface area contributed by atoms with E-state index in [1.807, 2.05) is 0 Å². The van der Waals surface area contributed by atoms with E-state index in [4.69, 9.17) is 4.74 Å². The van der Waals surface area contributed by atoms with Gasteiger partial charge in [0.2, 0.25) is 0 Å². The minimum atomic E-state index is 0.453. The van der Waals surface area contributed by atoms with E-state index in [0.717, 1.165) is 24.4 Å². The summed E-state index contributed by atoms with van der Waals surface area (Å²) in [4.78, 5) is 0. The van der Waals surface area contributed by atoms with Crippen LogP contribution in [-0.4, -0.2) is 6.10 Å². The highest BCUT2D eigenvalue weighted by Gasteiger charge is 2.31. The zero-order valence-electron chi connectivity index (χ0n) is 11.9. The summed E-state index contributed by atoms with van der Waals surface area (Å²) in [5.41, 5.74) is 1.29. The minimum absolute atomic E-state index is 0.453. The highest BCUT2D eigenvalue weighted by Crippen LogP contribution is 2.35. The molecule has 2 rings (SSSR count). The Kier molecular flexibility index (Phi) is 4.82. The van der Waals surface area contributed by atoms with Gasteiger partial charge in [-0.1, -0.05) is 57.5 Å². The van der Waals surface area contributed by atoms with Crippen LogP contribution in [0.4, 0.5) is 0 Å². The Bertz CT molecular complexity index is 344. The van der Waals surface area contributed by atoms with E-state index in [0.29, 0.717) is 6.10 Å². The SMILES string of the molecule is CC(C)[C@H]1CC[C@H](C)C[C@@H]1OCc1ccccc1. The third-order valence-electron chi connectivity index (χ3n) is 4.27. The summed E-state index contributed by atoms with van der Waals surface area (Å²) in [5.74, 6) is 2.30. The highest BCUT2D eigenvalue weighted by atomic mass is 16.5. The molecule has 1 aromatic rings. The Morgan fingerprint density at radius 1 is 1.17 bits per heavy atom. The Hall–Kier alpha value is -0.820. The van der Waals surface area contributed by atoms with Crippen molar-refractivity contribution in [3.8, 4) is 0 Å². The molecule has 1 aliphatic rings. The summed E-state index contributed by atoms with van der Waals surface area (Å²) in [7, 11) is 0. The number of benzene rings is 1. The van der Waals surface area contributed by atoms with Crippen molar-refractivity contribution in [1.29, 1.82) is 0 Å². The first-order valence-corrected chi connectivity index (χ1v) is 7.32. The molecule has 1 heteroatoms. The maximum atomic E-state index is 6.21. The average Bonchev–Trinajstić information content (AvgIpc) is 2.37. The van der Waals surface area contributed by atoms with Gasteiger partial charge in [0.25, 0.3) is 0 Å². The molecule has 0 radical (unpaired) electrons. The number of hydrogen-bond acceptors (Lipinski definition) is 1. The van der Waals surface area contributed by atoms with Gasteiger partial charge in [0.1, 0.15) is 0 Å². The average molecular weight is 246 g/mol. The van der Waals surface area contributed by atoms with E-state index in [9.17, 15) is 0 Å². The van der Waals surface area contributed by atoms with Crippen LogP contribution in [0.25, 0.3) is 0 Å². The first-order valence-electron chi connectivity index (χ1n) is 7.32. The van der Waals surface area contributed by atoms with Crippen LogP contribution < -0.4 is 0 Å². The largest absolute Gasteiger partial charge is 0.373 e. The van der Waals surface area contributed by atoms with Gasteiger partial charge in [-0.15, -0.1) is 0 Å². The Labute approximate surface area is 112 Å². The van der Waals surface area contributed by atoms with Gasteiger partial charge >= 0.3 is 0 Å². The molecule has 1 nitrogen and oxygen atoms in total. The van der Waals surface area contributed by atoms with Crippen molar-refractivity contribution >= 4 is 0 Å². The molecular weight excluding hydrogens is 220 g/mol. The zero-order valence-corrected chi connectivity index (χ0v) is 11.9. The third-order valence-corrected chi connectivity index (χ3v) is 4.27. The summed E-state index contributed by atoms with van der Waals surface area (Å²) in [6.07, 6.45) is 4.39. The molecule has 0 spiro atoms. The van der Waals surface area contributed by atoms with Crippen LogP contribution in [0.5, 0.6) is 0 Å². The van der Waals surface area contributed by atoms with Crippen LogP contribution in [0.3, 0.4) is 0 Å². The van der Waals surface area contributed by atoms with Crippen LogP contribution in [0.2, 0.25) is 0 Å². The molecule has 0 heterocycles. The van der Waals surface area contributed by atoms with Gasteiger partial charge in [0.05, 0.1) is 12.7 Å². The predicted octanol–water partition coefficient (Wildman–Crippen LogP) is 4.66. The van der Waals surface area contributed by atoms with Crippen LogP contribution >= 0.6 is 0 Å². The Morgan fingerprint density at radius 2 is 1.89 bits per heavy atom. The maximum absolute atomic E-state index is 6.21. The monoisotopic (exact) mass is 246 g/mol. The van der Waals surface area contributed by atoms with E-state index in [1.54, 1.807) is 0 Å². The molecule has 0 amide bonds. The predicted molar refractivity (Wildman–Crippen MR) is 76.4 cm³/mol. The second kappa shape index (κ2) is 6.38. The molecule has 0 aromatic heterocycles. The molecule has 3 atom stereocenters. The molecule has 100 valence electrons. The van der Waals surface area contributed by atoms with Gasteiger partial charge in [0, 0.05) is 0 Å². The van der Waals surface area contributed by atoms with Gasteiger partial charge < -0.3 is 4.74 Å². The summed E-state index contributed by atoms with van der Waals surface area (Å²) >= 11 is 0. The first kappa shape index (κ1) is 13.6. The van der Waals surface area contributed by atoms with E-state index in [1.165, 1.54) is 24.8 Å². The summed E-state index contributed by atoms with van der Waals surface area (Å²) in [6.45, 7) is 7.79. The fourth-order valence-electron chi connectivity index (χ4n) is 3.08. The molecule has 18 heavy (non-hydrogen) atoms. The zero-order chi connectivity index (χ0) is 13.0. The van der Waals surface area contributed by atoms with Crippen molar-refractivity contribution in [1.82, 2.24) is 0 Å². The van der Waals surface area contributed by atoms with Crippen molar-refractivity contribution in [2.75, 3.05) is 0 Å². The first-order chi connectivity index (χ1) is 8.66. The summed E-state index contributed by atoms with van der Waals surface area (Å²) in [5, 5.41) is 0. The van der Waals surface area contributed by atoms with E-state index in [-0.39, 0.29) is 0 Å². The molecule has 1 aromatic carbocycles. The van der Waals surface area contributed by atoms with E-state index < -0.39 is 0 Å². The summed E-state index contributed by atoms with van der Waals surface area (Å²) in [6, 6.07) is 10.5. The Morgan fingerprint density at radius 3 is 2.56 bits per heavy atom. The molecule has 0 unspecified atom stereocenters. The second-order valence-corrected chi connectivity index (χ2v) is 6.16.